The van der Waals surface area contributed by atoms with E-state index >= 15 is 0 Å². The summed E-state index contributed by atoms with van der Waals surface area (Å²) >= 11 is 0. The van der Waals surface area contributed by atoms with Crippen molar-refractivity contribution in [2.24, 2.45) is 0 Å². The third-order valence-electron chi connectivity index (χ3n) is 3.70. The molecule has 7 heteroatoms. The topological polar surface area (TPSA) is 88.7 Å². The van der Waals surface area contributed by atoms with Gasteiger partial charge in [0.05, 0.1) is 12.1 Å². The Kier molecular flexibility index (Phi) is 6.64. The molecule has 0 aromatic heterocycles. The predicted octanol–water partition coefficient (Wildman–Crippen LogP) is 2.17. The summed E-state index contributed by atoms with van der Waals surface area (Å²) in [5, 5.41) is 8.85. The van der Waals surface area contributed by atoms with Crippen LogP contribution in [0.3, 0.4) is 0 Å². The molecule has 1 fully saturated rings. The molecule has 0 saturated carbocycles. The molecule has 0 unspecified atom stereocenters. The Morgan fingerprint density at radius 1 is 1.12 bits per heavy atom. The summed E-state index contributed by atoms with van der Waals surface area (Å²) in [6.45, 7) is 6.95. The molecule has 1 saturated heterocycles. The third kappa shape index (κ3) is 7.01. The summed E-state index contributed by atoms with van der Waals surface area (Å²) in [4.78, 5) is 24.0. The lowest BCUT2D eigenvalue weighted by Crippen LogP contribution is -2.60. The first-order chi connectivity index (χ1) is 11.8. The second kappa shape index (κ2) is 8.71. The van der Waals surface area contributed by atoms with Gasteiger partial charge in [0, 0.05) is 6.54 Å². The largest absolute Gasteiger partial charge is 0.445 e. The number of carbonyl (C=O) groups excluding carboxylic acids is 2. The first kappa shape index (κ1) is 19.1. The normalized spacial score (nSPS) is 20.4. The molecule has 1 aromatic rings. The average molecular weight is 349 g/mol. The van der Waals surface area contributed by atoms with Crippen LogP contribution in [0.4, 0.5) is 9.59 Å². The zero-order valence-electron chi connectivity index (χ0n) is 15.0. The Bertz CT molecular complexity index is 571. The van der Waals surface area contributed by atoms with Crippen LogP contribution in [0.2, 0.25) is 0 Å². The van der Waals surface area contributed by atoms with Crippen molar-refractivity contribution in [3.63, 3.8) is 0 Å². The van der Waals surface area contributed by atoms with Crippen LogP contribution in [0.15, 0.2) is 30.3 Å². The van der Waals surface area contributed by atoms with E-state index in [1.165, 1.54) is 0 Å². The van der Waals surface area contributed by atoms with Crippen LogP contribution in [0.25, 0.3) is 0 Å². The lowest BCUT2D eigenvalue weighted by molar-refractivity contribution is 0.0480. The first-order valence-electron chi connectivity index (χ1n) is 8.51. The summed E-state index contributed by atoms with van der Waals surface area (Å²) in [7, 11) is 0. The second-order valence-corrected chi connectivity index (χ2v) is 7.06. The van der Waals surface area contributed by atoms with E-state index in [0.29, 0.717) is 13.0 Å². The van der Waals surface area contributed by atoms with Gasteiger partial charge >= 0.3 is 12.2 Å². The fourth-order valence-corrected chi connectivity index (χ4v) is 2.56. The molecule has 1 heterocycles. The molecule has 2 amide bonds. The van der Waals surface area contributed by atoms with Crippen molar-refractivity contribution < 1.29 is 19.1 Å². The minimum Gasteiger partial charge on any atom is -0.445 e. The minimum absolute atomic E-state index is 0.210. The lowest BCUT2D eigenvalue weighted by atomic mass is 10.0. The van der Waals surface area contributed by atoms with Gasteiger partial charge in [-0.1, -0.05) is 30.3 Å². The maximum atomic E-state index is 12.0. The number of ether oxygens (including phenoxy) is 2. The quantitative estimate of drug-likeness (QED) is 0.775. The third-order valence-corrected chi connectivity index (χ3v) is 3.70. The zero-order chi connectivity index (χ0) is 18.3. The molecule has 1 aliphatic heterocycles. The van der Waals surface area contributed by atoms with E-state index in [0.717, 1.165) is 12.1 Å². The summed E-state index contributed by atoms with van der Waals surface area (Å²) in [6, 6.07) is 9.01. The number of carbonyl (C=O) groups is 2. The highest BCUT2D eigenvalue weighted by atomic mass is 16.6. The number of alkyl carbamates (subject to hydrolysis) is 2. The van der Waals surface area contributed by atoms with Crippen molar-refractivity contribution in [2.45, 2.75) is 51.5 Å². The standard InChI is InChI=1S/C18H27N3O4/c1-18(2,3)25-17(23)21-15-11-19-10-9-14(15)20-16(22)24-12-13-7-5-4-6-8-13/h4-8,14-15,19H,9-12H2,1-3H3,(H,20,22)(H,21,23)/t14-,15-/m1/s1. The zero-order valence-corrected chi connectivity index (χ0v) is 15.0. The Morgan fingerprint density at radius 2 is 1.80 bits per heavy atom. The van der Waals surface area contributed by atoms with Gasteiger partial charge in [0.2, 0.25) is 0 Å². The molecule has 1 aliphatic rings. The smallest absolute Gasteiger partial charge is 0.407 e. The Morgan fingerprint density at radius 3 is 2.48 bits per heavy atom. The lowest BCUT2D eigenvalue weighted by Gasteiger charge is -2.33. The molecule has 0 aliphatic carbocycles. The molecule has 138 valence electrons. The van der Waals surface area contributed by atoms with Gasteiger partial charge in [-0.2, -0.15) is 0 Å². The molecule has 25 heavy (non-hydrogen) atoms. The highest BCUT2D eigenvalue weighted by molar-refractivity contribution is 5.70. The van der Waals surface area contributed by atoms with E-state index in [1.807, 2.05) is 51.1 Å². The van der Waals surface area contributed by atoms with E-state index < -0.39 is 17.8 Å². The van der Waals surface area contributed by atoms with Crippen LogP contribution < -0.4 is 16.0 Å². The van der Waals surface area contributed by atoms with Crippen LogP contribution in [-0.2, 0) is 16.1 Å². The number of amides is 2. The van der Waals surface area contributed by atoms with Crippen LogP contribution in [0.5, 0.6) is 0 Å². The fourth-order valence-electron chi connectivity index (χ4n) is 2.56. The van der Waals surface area contributed by atoms with Gasteiger partial charge in [0.25, 0.3) is 0 Å². The maximum absolute atomic E-state index is 12.0. The van der Waals surface area contributed by atoms with Crippen LogP contribution in [0, 0.1) is 0 Å². The molecule has 7 nitrogen and oxygen atoms in total. The highest BCUT2D eigenvalue weighted by Gasteiger charge is 2.29. The monoisotopic (exact) mass is 349 g/mol. The van der Waals surface area contributed by atoms with Crippen LogP contribution >= 0.6 is 0 Å². The second-order valence-electron chi connectivity index (χ2n) is 7.06. The van der Waals surface area contributed by atoms with E-state index in [-0.39, 0.29) is 18.7 Å². The van der Waals surface area contributed by atoms with Gasteiger partial charge in [-0.25, -0.2) is 9.59 Å². The van der Waals surface area contributed by atoms with Crippen LogP contribution in [-0.4, -0.2) is 43.0 Å². The van der Waals surface area contributed by atoms with Crippen molar-refractivity contribution in [3.05, 3.63) is 35.9 Å². The van der Waals surface area contributed by atoms with E-state index in [4.69, 9.17) is 9.47 Å². The number of hydrogen-bond acceptors (Lipinski definition) is 5. The fraction of sp³-hybridized carbons (Fsp3) is 0.556. The summed E-state index contributed by atoms with van der Waals surface area (Å²) < 4.78 is 10.5. The summed E-state index contributed by atoms with van der Waals surface area (Å²) in [5.41, 5.74) is 0.357. The van der Waals surface area contributed by atoms with Crippen molar-refractivity contribution in [2.75, 3.05) is 13.1 Å². The number of hydrogen-bond donors (Lipinski definition) is 3. The van der Waals surface area contributed by atoms with Crippen molar-refractivity contribution in [3.8, 4) is 0 Å². The molecule has 0 bridgehead atoms. The van der Waals surface area contributed by atoms with E-state index in [9.17, 15) is 9.59 Å². The average Bonchev–Trinajstić information content (AvgIpc) is 2.54. The molecule has 1 aromatic carbocycles. The van der Waals surface area contributed by atoms with Gasteiger partial charge in [-0.3, -0.25) is 0 Å². The van der Waals surface area contributed by atoms with Gasteiger partial charge in [0.15, 0.2) is 0 Å². The van der Waals surface area contributed by atoms with Crippen LogP contribution in [0.1, 0.15) is 32.8 Å². The molecule has 2 atom stereocenters. The summed E-state index contributed by atoms with van der Waals surface area (Å²) in [5.74, 6) is 0. The van der Waals surface area contributed by atoms with E-state index in [2.05, 4.69) is 16.0 Å². The Balaban J connectivity index is 1.83. The van der Waals surface area contributed by atoms with Gasteiger partial charge < -0.3 is 25.4 Å². The number of benzene rings is 1. The van der Waals surface area contributed by atoms with E-state index in [1.54, 1.807) is 0 Å². The molecule has 0 spiro atoms. The molecule has 2 rings (SSSR count). The minimum atomic E-state index is -0.566. The highest BCUT2D eigenvalue weighted by Crippen LogP contribution is 2.10. The van der Waals surface area contributed by atoms with Gasteiger partial charge in [0.1, 0.15) is 12.2 Å². The maximum Gasteiger partial charge on any atom is 0.407 e. The molecular formula is C18H27N3O4. The SMILES string of the molecule is CC(C)(C)OC(=O)N[C@@H]1CNCC[C@H]1NC(=O)OCc1ccccc1. The number of nitrogens with one attached hydrogen (secondary N) is 3. The Hall–Kier alpha value is -2.28. The molecule has 3 N–H and O–H groups in total. The Labute approximate surface area is 148 Å². The number of piperidine rings is 1. The van der Waals surface area contributed by atoms with Crippen molar-refractivity contribution >= 4 is 12.2 Å². The number of rotatable bonds is 4. The van der Waals surface area contributed by atoms with Gasteiger partial charge in [-0.15, -0.1) is 0 Å². The van der Waals surface area contributed by atoms with Crippen molar-refractivity contribution in [1.82, 2.24) is 16.0 Å². The predicted molar refractivity (Wildman–Crippen MR) is 94.2 cm³/mol. The molecular weight excluding hydrogens is 322 g/mol. The molecule has 0 radical (unpaired) electrons. The first-order valence-corrected chi connectivity index (χ1v) is 8.51. The summed E-state index contributed by atoms with van der Waals surface area (Å²) in [6.07, 6.45) is -0.293. The van der Waals surface area contributed by atoms with Gasteiger partial charge in [-0.05, 0) is 39.3 Å². The van der Waals surface area contributed by atoms with Crippen molar-refractivity contribution in [1.29, 1.82) is 0 Å².